The van der Waals surface area contributed by atoms with Crippen molar-refractivity contribution in [1.82, 2.24) is 0 Å². The molecule has 1 aromatic heterocycles. The number of carbonyl (C=O) groups is 1. The zero-order chi connectivity index (χ0) is 16.2. The number of benzene rings is 2. The molecular weight excluding hydrogens is 296 g/mol. The van der Waals surface area contributed by atoms with Gasteiger partial charge in [0.25, 0.3) is 0 Å². The van der Waals surface area contributed by atoms with Crippen LogP contribution in [-0.2, 0) is 4.79 Å². The molecule has 0 aliphatic carbocycles. The number of para-hydroxylation sites is 1. The van der Waals surface area contributed by atoms with Crippen molar-refractivity contribution in [3.8, 4) is 11.5 Å². The van der Waals surface area contributed by atoms with Crippen LogP contribution >= 0.6 is 0 Å². The fourth-order valence-corrected chi connectivity index (χ4v) is 2.01. The number of esters is 1. The summed E-state index contributed by atoms with van der Waals surface area (Å²) in [6.07, 6.45) is 2.71. The van der Waals surface area contributed by atoms with Crippen LogP contribution in [-0.4, -0.2) is 11.1 Å². The third kappa shape index (κ3) is 3.47. The summed E-state index contributed by atoms with van der Waals surface area (Å²) in [5.74, 6) is -0.719. The minimum Gasteiger partial charge on any atom is -0.508 e. The Morgan fingerprint density at radius 1 is 1.09 bits per heavy atom. The molecule has 0 unspecified atom stereocenters. The van der Waals surface area contributed by atoms with Crippen molar-refractivity contribution >= 4 is 23.0 Å². The van der Waals surface area contributed by atoms with Gasteiger partial charge in [-0.1, -0.05) is 30.3 Å². The fraction of sp³-hybridized carbons (Fsp3) is 0. The smallest absolute Gasteiger partial charge is 0.379 e. The molecule has 23 heavy (non-hydrogen) atoms. The molecule has 0 saturated carbocycles. The van der Waals surface area contributed by atoms with Crippen LogP contribution in [0, 0.1) is 0 Å². The number of rotatable bonds is 3. The zero-order valence-electron chi connectivity index (χ0n) is 11.9. The number of phenols is 1. The molecule has 5 nitrogen and oxygen atoms in total. The zero-order valence-corrected chi connectivity index (χ0v) is 11.9. The highest BCUT2D eigenvalue weighted by atomic mass is 16.5. The summed E-state index contributed by atoms with van der Waals surface area (Å²) < 4.78 is 10.1. The van der Waals surface area contributed by atoms with Crippen LogP contribution in [0.5, 0.6) is 11.5 Å². The van der Waals surface area contributed by atoms with E-state index in [0.717, 1.165) is 0 Å². The number of hydrogen-bond acceptors (Lipinski definition) is 5. The lowest BCUT2D eigenvalue weighted by molar-refractivity contribution is -0.129. The highest BCUT2D eigenvalue weighted by Gasteiger charge is 2.09. The third-order valence-corrected chi connectivity index (χ3v) is 3.12. The highest BCUT2D eigenvalue weighted by molar-refractivity contribution is 5.89. The maximum Gasteiger partial charge on any atom is 0.379 e. The number of hydrogen-bond donors (Lipinski definition) is 1. The first-order valence-corrected chi connectivity index (χ1v) is 6.84. The maximum absolute atomic E-state index is 11.8. The van der Waals surface area contributed by atoms with Crippen LogP contribution in [0.4, 0.5) is 0 Å². The van der Waals surface area contributed by atoms with E-state index in [2.05, 4.69) is 0 Å². The van der Waals surface area contributed by atoms with Crippen molar-refractivity contribution < 1.29 is 19.1 Å². The van der Waals surface area contributed by atoms with E-state index in [1.165, 1.54) is 30.4 Å². The van der Waals surface area contributed by atoms with Gasteiger partial charge in [-0.2, -0.15) is 0 Å². The predicted molar refractivity (Wildman–Crippen MR) is 85.3 cm³/mol. The third-order valence-electron chi connectivity index (χ3n) is 3.12. The SMILES string of the molecule is O=C(/C=C/c1ccc(O)cc1)Oc1cc2ccccc2oc1=O. The Morgan fingerprint density at radius 2 is 1.83 bits per heavy atom. The van der Waals surface area contributed by atoms with E-state index >= 15 is 0 Å². The van der Waals surface area contributed by atoms with Crippen LogP contribution in [0.25, 0.3) is 17.0 Å². The van der Waals surface area contributed by atoms with Crippen LogP contribution in [0.2, 0.25) is 0 Å². The van der Waals surface area contributed by atoms with Crippen molar-refractivity contribution in [1.29, 1.82) is 0 Å². The Morgan fingerprint density at radius 3 is 2.61 bits per heavy atom. The van der Waals surface area contributed by atoms with Gasteiger partial charge in [0.1, 0.15) is 11.3 Å². The van der Waals surface area contributed by atoms with E-state index in [9.17, 15) is 14.7 Å². The summed E-state index contributed by atoms with van der Waals surface area (Å²) in [6, 6.07) is 14.7. The molecule has 0 saturated heterocycles. The van der Waals surface area contributed by atoms with Gasteiger partial charge in [0, 0.05) is 11.5 Å². The number of aromatic hydroxyl groups is 1. The number of carbonyl (C=O) groups excluding carboxylic acids is 1. The minimum atomic E-state index is -0.713. The lowest BCUT2D eigenvalue weighted by Gasteiger charge is -2.01. The lowest BCUT2D eigenvalue weighted by atomic mass is 10.2. The van der Waals surface area contributed by atoms with Gasteiger partial charge in [0.05, 0.1) is 0 Å². The molecule has 5 heteroatoms. The lowest BCUT2D eigenvalue weighted by Crippen LogP contribution is -2.11. The first-order chi connectivity index (χ1) is 11.1. The molecule has 0 radical (unpaired) electrons. The van der Waals surface area contributed by atoms with Gasteiger partial charge in [-0.3, -0.25) is 0 Å². The number of phenolic OH excluding ortho intramolecular Hbond substituents is 1. The normalized spacial score (nSPS) is 11.0. The summed E-state index contributed by atoms with van der Waals surface area (Å²) in [7, 11) is 0. The van der Waals surface area contributed by atoms with Gasteiger partial charge in [0.15, 0.2) is 0 Å². The second-order valence-electron chi connectivity index (χ2n) is 4.78. The average Bonchev–Trinajstić information content (AvgIpc) is 2.55. The summed E-state index contributed by atoms with van der Waals surface area (Å²) in [5.41, 5.74) is 0.428. The van der Waals surface area contributed by atoms with Gasteiger partial charge >= 0.3 is 11.6 Å². The largest absolute Gasteiger partial charge is 0.508 e. The molecule has 0 aliphatic rings. The van der Waals surface area contributed by atoms with Crippen molar-refractivity contribution in [2.24, 2.45) is 0 Å². The molecule has 0 fully saturated rings. The van der Waals surface area contributed by atoms with Crippen LogP contribution in [0.1, 0.15) is 5.56 Å². The van der Waals surface area contributed by atoms with Crippen LogP contribution < -0.4 is 10.4 Å². The minimum absolute atomic E-state index is 0.137. The Kier molecular flexibility index (Phi) is 3.93. The summed E-state index contributed by atoms with van der Waals surface area (Å²) in [5, 5.41) is 9.85. The first kappa shape index (κ1) is 14.6. The molecule has 3 rings (SSSR count). The van der Waals surface area contributed by atoms with E-state index in [-0.39, 0.29) is 11.5 Å². The molecule has 1 heterocycles. The Labute approximate surface area is 131 Å². The molecule has 3 aromatic rings. The average molecular weight is 308 g/mol. The number of ether oxygens (including phenoxy) is 1. The molecule has 0 aliphatic heterocycles. The molecule has 0 spiro atoms. The van der Waals surface area contributed by atoms with Crippen LogP contribution in [0.3, 0.4) is 0 Å². The van der Waals surface area contributed by atoms with E-state index in [1.807, 2.05) is 0 Å². The first-order valence-electron chi connectivity index (χ1n) is 6.84. The quantitative estimate of drug-likeness (QED) is 0.457. The predicted octanol–water partition coefficient (Wildman–Crippen LogP) is 3.12. The summed E-state index contributed by atoms with van der Waals surface area (Å²) in [4.78, 5) is 23.6. The molecule has 114 valence electrons. The van der Waals surface area contributed by atoms with Gasteiger partial charge in [0.2, 0.25) is 5.75 Å². The monoisotopic (exact) mass is 308 g/mol. The van der Waals surface area contributed by atoms with Crippen molar-refractivity contribution in [2.75, 3.05) is 0 Å². The highest BCUT2D eigenvalue weighted by Crippen LogP contribution is 2.17. The second-order valence-corrected chi connectivity index (χ2v) is 4.78. The van der Waals surface area contributed by atoms with E-state index in [4.69, 9.17) is 9.15 Å². The molecule has 1 N–H and O–H groups in total. The molecular formula is C18H12O5. The fourth-order valence-electron chi connectivity index (χ4n) is 2.01. The molecule has 0 bridgehead atoms. The van der Waals surface area contributed by atoms with E-state index in [1.54, 1.807) is 36.4 Å². The van der Waals surface area contributed by atoms with Gasteiger partial charge in [-0.05, 0) is 35.9 Å². The molecule has 2 aromatic carbocycles. The van der Waals surface area contributed by atoms with Gasteiger partial charge < -0.3 is 14.3 Å². The summed E-state index contributed by atoms with van der Waals surface area (Å²) >= 11 is 0. The topological polar surface area (TPSA) is 76.7 Å². The van der Waals surface area contributed by atoms with E-state index in [0.29, 0.717) is 16.5 Å². The maximum atomic E-state index is 11.8. The number of fused-ring (bicyclic) bond motifs is 1. The molecule has 0 amide bonds. The van der Waals surface area contributed by atoms with Gasteiger partial charge in [-0.25, -0.2) is 9.59 Å². The Bertz CT molecular complexity index is 936. The van der Waals surface area contributed by atoms with E-state index < -0.39 is 11.6 Å². The van der Waals surface area contributed by atoms with Crippen molar-refractivity contribution in [3.63, 3.8) is 0 Å². The van der Waals surface area contributed by atoms with Crippen molar-refractivity contribution in [2.45, 2.75) is 0 Å². The second kappa shape index (κ2) is 6.19. The van der Waals surface area contributed by atoms with Crippen LogP contribution in [0.15, 0.2) is 69.9 Å². The Hall–Kier alpha value is -3.34. The van der Waals surface area contributed by atoms with Crippen molar-refractivity contribution in [3.05, 3.63) is 76.7 Å². The Balaban J connectivity index is 1.78. The standard InChI is InChI=1S/C18H12O5/c19-14-8-5-12(6-9-14)7-10-17(20)22-16-11-13-3-1-2-4-15(13)23-18(16)21/h1-11,19H/b10-7+. The van der Waals surface area contributed by atoms with Gasteiger partial charge in [-0.15, -0.1) is 0 Å². The molecule has 0 atom stereocenters. The summed E-state index contributed by atoms with van der Waals surface area (Å²) in [6.45, 7) is 0.